The van der Waals surface area contributed by atoms with Gasteiger partial charge in [0.1, 0.15) is 0 Å². The first-order valence-corrected chi connectivity index (χ1v) is 6.30. The molecule has 5 heteroatoms. The van der Waals surface area contributed by atoms with Crippen molar-refractivity contribution in [2.24, 2.45) is 0 Å². The smallest absolute Gasteiger partial charge is 0.311 e. The van der Waals surface area contributed by atoms with Crippen LogP contribution in [0.4, 0.5) is 11.4 Å². The Bertz CT molecular complexity index is 458. The fraction of sp³-hybridized carbons (Fsp3) is 0.538. The van der Waals surface area contributed by atoms with Gasteiger partial charge in [-0.2, -0.15) is 0 Å². The number of nitrogens with one attached hydrogen (secondary N) is 1. The Morgan fingerprint density at radius 3 is 2.83 bits per heavy atom. The topological polar surface area (TPSA) is 64.4 Å². The molecule has 0 amide bonds. The van der Waals surface area contributed by atoms with Crippen molar-refractivity contribution in [3.63, 3.8) is 0 Å². The minimum Gasteiger partial charge on any atom is -0.484 e. The van der Waals surface area contributed by atoms with Gasteiger partial charge in [-0.25, -0.2) is 0 Å². The minimum atomic E-state index is -0.372. The van der Waals surface area contributed by atoms with E-state index >= 15 is 0 Å². The number of nitro benzene ring substituents is 1. The summed E-state index contributed by atoms with van der Waals surface area (Å²) in [6, 6.07) is 3.41. The van der Waals surface area contributed by atoms with E-state index in [1.54, 1.807) is 12.1 Å². The Kier molecular flexibility index (Phi) is 3.69. The molecular formula is C13H18N2O3. The Balaban J connectivity index is 2.44. The van der Waals surface area contributed by atoms with Crippen LogP contribution in [0, 0.1) is 10.1 Å². The highest BCUT2D eigenvalue weighted by molar-refractivity contribution is 5.63. The maximum Gasteiger partial charge on any atom is 0.311 e. The molecule has 18 heavy (non-hydrogen) atoms. The molecular weight excluding hydrogens is 232 g/mol. The molecule has 1 aliphatic heterocycles. The largest absolute Gasteiger partial charge is 0.484 e. The lowest BCUT2D eigenvalue weighted by Crippen LogP contribution is -2.09. The molecule has 1 aromatic carbocycles. The highest BCUT2D eigenvalue weighted by Crippen LogP contribution is 2.35. The zero-order valence-electron chi connectivity index (χ0n) is 10.7. The van der Waals surface area contributed by atoms with Crippen LogP contribution in [0.15, 0.2) is 12.1 Å². The van der Waals surface area contributed by atoms with Crippen molar-refractivity contribution in [1.82, 2.24) is 0 Å². The van der Waals surface area contributed by atoms with E-state index in [0.717, 1.165) is 37.1 Å². The predicted molar refractivity (Wildman–Crippen MR) is 70.3 cm³/mol. The summed E-state index contributed by atoms with van der Waals surface area (Å²) in [5.74, 6) is 0.350. The molecule has 5 nitrogen and oxygen atoms in total. The predicted octanol–water partition coefficient (Wildman–Crippen LogP) is 3.13. The van der Waals surface area contributed by atoms with Gasteiger partial charge in [-0.05, 0) is 38.7 Å². The molecule has 1 heterocycles. The summed E-state index contributed by atoms with van der Waals surface area (Å²) in [5.41, 5.74) is 2.04. The maximum absolute atomic E-state index is 11.1. The van der Waals surface area contributed by atoms with E-state index in [1.807, 2.05) is 13.8 Å². The van der Waals surface area contributed by atoms with E-state index in [-0.39, 0.29) is 16.7 Å². The SMILES string of the molecule is CC(C)Oc1cc2c(cc1[N+](=O)[O-])CCCCN2. The number of ether oxygens (including phenoxy) is 1. The fourth-order valence-electron chi connectivity index (χ4n) is 2.14. The van der Waals surface area contributed by atoms with E-state index < -0.39 is 0 Å². The number of aryl methyl sites for hydroxylation is 1. The molecule has 0 fully saturated rings. The molecule has 0 aliphatic carbocycles. The van der Waals surface area contributed by atoms with Crippen LogP contribution in [0.5, 0.6) is 5.75 Å². The van der Waals surface area contributed by atoms with Gasteiger partial charge in [0, 0.05) is 24.4 Å². The van der Waals surface area contributed by atoms with E-state index in [0.29, 0.717) is 5.75 Å². The van der Waals surface area contributed by atoms with Crippen LogP contribution in [-0.4, -0.2) is 17.6 Å². The number of anilines is 1. The van der Waals surface area contributed by atoms with E-state index in [9.17, 15) is 10.1 Å². The molecule has 0 saturated heterocycles. The lowest BCUT2D eigenvalue weighted by atomic mass is 10.1. The molecule has 0 spiro atoms. The van der Waals surface area contributed by atoms with Gasteiger partial charge in [0.15, 0.2) is 5.75 Å². The van der Waals surface area contributed by atoms with Crippen LogP contribution >= 0.6 is 0 Å². The summed E-state index contributed by atoms with van der Waals surface area (Å²) in [6.45, 7) is 4.64. The normalized spacial score (nSPS) is 14.6. The quantitative estimate of drug-likeness (QED) is 0.661. The summed E-state index contributed by atoms with van der Waals surface area (Å²) >= 11 is 0. The van der Waals surface area contributed by atoms with Crippen LogP contribution in [0.3, 0.4) is 0 Å². The van der Waals surface area contributed by atoms with Crippen molar-refractivity contribution in [3.05, 3.63) is 27.8 Å². The van der Waals surface area contributed by atoms with Gasteiger partial charge in [-0.1, -0.05) is 0 Å². The average Bonchev–Trinajstić information content (AvgIpc) is 2.51. The maximum atomic E-state index is 11.1. The molecule has 98 valence electrons. The number of fused-ring (bicyclic) bond motifs is 1. The molecule has 1 N–H and O–H groups in total. The Morgan fingerprint density at radius 1 is 1.39 bits per heavy atom. The van der Waals surface area contributed by atoms with Gasteiger partial charge < -0.3 is 10.1 Å². The summed E-state index contributed by atoms with van der Waals surface area (Å²) in [4.78, 5) is 10.7. The Hall–Kier alpha value is -1.78. The molecule has 0 radical (unpaired) electrons. The number of hydrogen-bond donors (Lipinski definition) is 1. The fourth-order valence-corrected chi connectivity index (χ4v) is 2.14. The van der Waals surface area contributed by atoms with Gasteiger partial charge >= 0.3 is 5.69 Å². The number of hydrogen-bond acceptors (Lipinski definition) is 4. The van der Waals surface area contributed by atoms with Crippen LogP contribution in [0.2, 0.25) is 0 Å². The molecule has 1 aliphatic rings. The molecule has 0 unspecified atom stereocenters. The first-order valence-electron chi connectivity index (χ1n) is 6.30. The second-order valence-electron chi connectivity index (χ2n) is 4.78. The van der Waals surface area contributed by atoms with Gasteiger partial charge in [0.05, 0.1) is 11.0 Å². The molecule has 0 saturated carbocycles. The molecule has 1 aromatic rings. The second kappa shape index (κ2) is 5.25. The average molecular weight is 250 g/mol. The van der Waals surface area contributed by atoms with Crippen LogP contribution in [-0.2, 0) is 6.42 Å². The van der Waals surface area contributed by atoms with Crippen LogP contribution in [0.1, 0.15) is 32.3 Å². The van der Waals surface area contributed by atoms with Crippen molar-refractivity contribution in [2.45, 2.75) is 39.2 Å². The lowest BCUT2D eigenvalue weighted by Gasteiger charge is -2.14. The highest BCUT2D eigenvalue weighted by atomic mass is 16.6. The third-order valence-corrected chi connectivity index (χ3v) is 2.93. The second-order valence-corrected chi connectivity index (χ2v) is 4.78. The third-order valence-electron chi connectivity index (χ3n) is 2.93. The molecule has 2 rings (SSSR count). The Morgan fingerprint density at radius 2 is 2.17 bits per heavy atom. The van der Waals surface area contributed by atoms with E-state index in [1.165, 1.54) is 0 Å². The first-order chi connectivity index (χ1) is 8.58. The summed E-state index contributed by atoms with van der Waals surface area (Å²) < 4.78 is 5.53. The van der Waals surface area contributed by atoms with Gasteiger partial charge in [-0.15, -0.1) is 0 Å². The zero-order chi connectivity index (χ0) is 13.1. The monoisotopic (exact) mass is 250 g/mol. The standard InChI is InChI=1S/C13H18N2O3/c1-9(2)18-13-8-11-10(5-3-4-6-14-11)7-12(13)15(16)17/h7-9,14H,3-6H2,1-2H3. The zero-order valence-corrected chi connectivity index (χ0v) is 10.7. The molecule has 0 aromatic heterocycles. The van der Waals surface area contributed by atoms with E-state index in [4.69, 9.17) is 4.74 Å². The molecule has 0 bridgehead atoms. The van der Waals surface area contributed by atoms with Crippen molar-refractivity contribution in [2.75, 3.05) is 11.9 Å². The van der Waals surface area contributed by atoms with Crippen molar-refractivity contribution in [1.29, 1.82) is 0 Å². The lowest BCUT2D eigenvalue weighted by molar-refractivity contribution is -0.386. The third kappa shape index (κ3) is 2.72. The number of nitrogens with zero attached hydrogens (tertiary/aromatic N) is 1. The summed E-state index contributed by atoms with van der Waals surface area (Å²) in [6.07, 6.45) is 2.95. The first kappa shape index (κ1) is 12.7. The van der Waals surface area contributed by atoms with Gasteiger partial charge in [0.2, 0.25) is 0 Å². The minimum absolute atomic E-state index is 0.0612. The van der Waals surface area contributed by atoms with Crippen molar-refractivity contribution >= 4 is 11.4 Å². The highest BCUT2D eigenvalue weighted by Gasteiger charge is 2.21. The number of benzene rings is 1. The summed E-state index contributed by atoms with van der Waals surface area (Å²) in [7, 11) is 0. The van der Waals surface area contributed by atoms with Gasteiger partial charge in [-0.3, -0.25) is 10.1 Å². The number of rotatable bonds is 3. The Labute approximate surface area is 106 Å². The molecule has 0 atom stereocenters. The van der Waals surface area contributed by atoms with Crippen LogP contribution < -0.4 is 10.1 Å². The van der Waals surface area contributed by atoms with Crippen molar-refractivity contribution < 1.29 is 9.66 Å². The van der Waals surface area contributed by atoms with Gasteiger partial charge in [0.25, 0.3) is 0 Å². The van der Waals surface area contributed by atoms with Crippen molar-refractivity contribution in [3.8, 4) is 5.75 Å². The van der Waals surface area contributed by atoms with Crippen LogP contribution in [0.25, 0.3) is 0 Å². The van der Waals surface area contributed by atoms with E-state index in [2.05, 4.69) is 5.32 Å². The summed E-state index contributed by atoms with van der Waals surface area (Å²) in [5, 5.41) is 14.4. The number of nitro groups is 1.